The van der Waals surface area contributed by atoms with E-state index >= 15 is 0 Å². The Labute approximate surface area is 50.6 Å². The Hall–Kier alpha value is -0.260. The molecule has 0 nitrogen and oxygen atoms in total. The van der Waals surface area contributed by atoms with Gasteiger partial charge in [0.25, 0.3) is 0 Å². The molecule has 0 aromatic rings. The van der Waals surface area contributed by atoms with E-state index in [2.05, 4.69) is 13.0 Å². The molecule has 0 aromatic heterocycles. The van der Waals surface area contributed by atoms with Gasteiger partial charge in [-0.3, -0.25) is 0 Å². The molecular weight excluding hydrogens is 96.1 g/mol. The van der Waals surface area contributed by atoms with Gasteiger partial charge in [0, 0.05) is 0 Å². The van der Waals surface area contributed by atoms with E-state index in [9.17, 15) is 0 Å². The fourth-order valence-electron chi connectivity index (χ4n) is 1.71. The fourth-order valence-corrected chi connectivity index (χ4v) is 1.71. The molecular formula is C8H12. The molecule has 1 atom stereocenters. The van der Waals surface area contributed by atoms with E-state index in [-0.39, 0.29) is 0 Å². The minimum absolute atomic E-state index is 0.707. The summed E-state index contributed by atoms with van der Waals surface area (Å²) in [5, 5.41) is 0. The van der Waals surface area contributed by atoms with Gasteiger partial charge in [-0.2, -0.15) is 0 Å². The summed E-state index contributed by atoms with van der Waals surface area (Å²) in [6.07, 6.45) is 8.08. The molecule has 0 spiro atoms. The molecule has 0 radical (unpaired) electrons. The summed E-state index contributed by atoms with van der Waals surface area (Å²) in [7, 11) is 0. The van der Waals surface area contributed by atoms with Crippen LogP contribution < -0.4 is 0 Å². The van der Waals surface area contributed by atoms with Gasteiger partial charge in [-0.25, -0.2) is 0 Å². The molecule has 2 aliphatic carbocycles. The summed E-state index contributed by atoms with van der Waals surface area (Å²) in [6.45, 7) is 2.39. The van der Waals surface area contributed by atoms with Crippen LogP contribution in [0.2, 0.25) is 0 Å². The first-order chi connectivity index (χ1) is 3.81. The van der Waals surface area contributed by atoms with Gasteiger partial charge in [0.1, 0.15) is 0 Å². The minimum Gasteiger partial charge on any atom is -0.0847 e. The van der Waals surface area contributed by atoms with Crippen molar-refractivity contribution in [2.24, 2.45) is 5.41 Å². The Morgan fingerprint density at radius 1 is 1.62 bits per heavy atom. The molecule has 1 saturated carbocycles. The highest BCUT2D eigenvalue weighted by Gasteiger charge is 2.44. The van der Waals surface area contributed by atoms with Crippen LogP contribution in [-0.4, -0.2) is 0 Å². The molecule has 8 heavy (non-hydrogen) atoms. The van der Waals surface area contributed by atoms with Crippen molar-refractivity contribution in [3.63, 3.8) is 0 Å². The zero-order chi connectivity index (χ0) is 5.61. The van der Waals surface area contributed by atoms with Crippen molar-refractivity contribution in [3.05, 3.63) is 11.6 Å². The Bertz CT molecular complexity index is 144. The second kappa shape index (κ2) is 1.18. The van der Waals surface area contributed by atoms with E-state index in [0.29, 0.717) is 5.41 Å². The fraction of sp³-hybridized carbons (Fsp3) is 0.750. The Kier molecular flexibility index (Phi) is 0.677. The lowest BCUT2D eigenvalue weighted by Gasteiger charge is -2.09. The third-order valence-corrected chi connectivity index (χ3v) is 2.55. The minimum atomic E-state index is 0.707. The molecule has 0 bridgehead atoms. The van der Waals surface area contributed by atoms with Crippen molar-refractivity contribution >= 4 is 0 Å². The molecule has 44 valence electrons. The first-order valence-corrected chi connectivity index (χ1v) is 3.51. The number of hydrogen-bond acceptors (Lipinski definition) is 0. The first-order valence-electron chi connectivity index (χ1n) is 3.51. The molecule has 1 unspecified atom stereocenters. The lowest BCUT2D eigenvalue weighted by Crippen LogP contribution is -1.95. The van der Waals surface area contributed by atoms with Gasteiger partial charge >= 0.3 is 0 Å². The number of hydrogen-bond donors (Lipinski definition) is 0. The second-order valence-electron chi connectivity index (χ2n) is 3.36. The molecule has 0 aliphatic heterocycles. The quantitative estimate of drug-likeness (QED) is 0.418. The van der Waals surface area contributed by atoms with Gasteiger partial charge in [-0.15, -0.1) is 0 Å². The largest absolute Gasteiger partial charge is 0.0847 e. The monoisotopic (exact) mass is 108 g/mol. The Balaban J connectivity index is 2.26. The smallest absolute Gasteiger partial charge is 0.00786 e. The van der Waals surface area contributed by atoms with E-state index in [1.165, 1.54) is 25.7 Å². The summed E-state index contributed by atoms with van der Waals surface area (Å²) in [4.78, 5) is 0. The van der Waals surface area contributed by atoms with Crippen molar-refractivity contribution in [2.75, 3.05) is 0 Å². The van der Waals surface area contributed by atoms with Gasteiger partial charge in [-0.05, 0) is 31.1 Å². The van der Waals surface area contributed by atoms with Crippen molar-refractivity contribution in [1.29, 1.82) is 0 Å². The van der Waals surface area contributed by atoms with Crippen LogP contribution in [0.5, 0.6) is 0 Å². The third kappa shape index (κ3) is 0.460. The summed E-state index contributed by atoms with van der Waals surface area (Å²) < 4.78 is 0. The topological polar surface area (TPSA) is 0 Å². The summed E-state index contributed by atoms with van der Waals surface area (Å²) >= 11 is 0. The first kappa shape index (κ1) is 4.60. The zero-order valence-corrected chi connectivity index (χ0v) is 5.41. The molecule has 0 aromatic carbocycles. The number of fused-ring (bicyclic) bond motifs is 1. The van der Waals surface area contributed by atoms with E-state index in [1.807, 2.05) is 0 Å². The van der Waals surface area contributed by atoms with Crippen LogP contribution in [0.15, 0.2) is 11.6 Å². The molecule has 1 fully saturated rings. The summed E-state index contributed by atoms with van der Waals surface area (Å²) in [5.74, 6) is 0. The highest BCUT2D eigenvalue weighted by Crippen LogP contribution is 2.57. The van der Waals surface area contributed by atoms with E-state index < -0.39 is 0 Å². The average Bonchev–Trinajstić information content (AvgIpc) is 2.39. The number of rotatable bonds is 0. The normalized spacial score (nSPS) is 42.9. The van der Waals surface area contributed by atoms with Crippen LogP contribution in [-0.2, 0) is 0 Å². The van der Waals surface area contributed by atoms with Crippen molar-refractivity contribution in [3.8, 4) is 0 Å². The van der Waals surface area contributed by atoms with Crippen LogP contribution in [0.1, 0.15) is 32.6 Å². The maximum atomic E-state index is 2.43. The van der Waals surface area contributed by atoms with Crippen molar-refractivity contribution in [1.82, 2.24) is 0 Å². The number of allylic oxidation sites excluding steroid dienone is 2. The lowest BCUT2D eigenvalue weighted by molar-refractivity contribution is 0.507. The van der Waals surface area contributed by atoms with E-state index in [1.54, 1.807) is 5.57 Å². The molecule has 0 saturated heterocycles. The van der Waals surface area contributed by atoms with Crippen LogP contribution in [0.3, 0.4) is 0 Å². The lowest BCUT2D eigenvalue weighted by atomic mass is 9.96. The van der Waals surface area contributed by atoms with E-state index in [4.69, 9.17) is 0 Å². The Morgan fingerprint density at radius 3 is 3.00 bits per heavy atom. The van der Waals surface area contributed by atoms with Gasteiger partial charge in [-0.1, -0.05) is 18.6 Å². The van der Waals surface area contributed by atoms with Crippen molar-refractivity contribution < 1.29 is 0 Å². The molecule has 0 heteroatoms. The summed E-state index contributed by atoms with van der Waals surface area (Å²) in [5.41, 5.74) is 2.45. The second-order valence-corrected chi connectivity index (χ2v) is 3.36. The Morgan fingerprint density at radius 2 is 2.50 bits per heavy atom. The molecule has 2 aliphatic rings. The maximum Gasteiger partial charge on any atom is -0.00786 e. The molecule has 0 amide bonds. The van der Waals surface area contributed by atoms with Crippen LogP contribution in [0.4, 0.5) is 0 Å². The highest BCUT2D eigenvalue weighted by molar-refractivity contribution is 5.32. The predicted molar refractivity (Wildman–Crippen MR) is 34.7 cm³/mol. The van der Waals surface area contributed by atoms with E-state index in [0.717, 1.165) is 0 Å². The third-order valence-electron chi connectivity index (χ3n) is 2.55. The van der Waals surface area contributed by atoms with Crippen LogP contribution >= 0.6 is 0 Å². The SMILES string of the molecule is CC12CCCC=C1C2. The molecule has 0 heterocycles. The molecule has 0 N–H and O–H groups in total. The standard InChI is InChI=1S/C8H12/c1-8-5-3-2-4-7(8)6-8/h4H,2-3,5-6H2,1H3. The zero-order valence-electron chi connectivity index (χ0n) is 5.41. The van der Waals surface area contributed by atoms with Gasteiger partial charge in [0.2, 0.25) is 0 Å². The van der Waals surface area contributed by atoms with Gasteiger partial charge in [0.05, 0.1) is 0 Å². The average molecular weight is 108 g/mol. The highest BCUT2D eigenvalue weighted by atomic mass is 14.5. The van der Waals surface area contributed by atoms with Crippen molar-refractivity contribution in [2.45, 2.75) is 32.6 Å². The summed E-state index contributed by atoms with van der Waals surface area (Å²) in [6, 6.07) is 0. The molecule has 2 rings (SSSR count). The van der Waals surface area contributed by atoms with Gasteiger partial charge in [0.15, 0.2) is 0 Å². The van der Waals surface area contributed by atoms with Crippen LogP contribution in [0.25, 0.3) is 0 Å². The predicted octanol–water partition coefficient (Wildman–Crippen LogP) is 2.51. The van der Waals surface area contributed by atoms with Gasteiger partial charge < -0.3 is 0 Å². The maximum absolute atomic E-state index is 2.43. The van der Waals surface area contributed by atoms with Crippen LogP contribution in [0, 0.1) is 5.41 Å².